The largest absolute Gasteiger partial charge is 0.299 e. The summed E-state index contributed by atoms with van der Waals surface area (Å²) in [5, 5.41) is 22.5. The van der Waals surface area contributed by atoms with Crippen LogP contribution in [0.5, 0.6) is 0 Å². The summed E-state index contributed by atoms with van der Waals surface area (Å²) >= 11 is 1.14. The first-order chi connectivity index (χ1) is 14.6. The Morgan fingerprint density at radius 1 is 1.19 bits per heavy atom. The molecule has 2 aromatic carbocycles. The number of hydrogen-bond acceptors (Lipinski definition) is 8. The van der Waals surface area contributed by atoms with E-state index >= 15 is 0 Å². The highest BCUT2D eigenvalue weighted by Crippen LogP contribution is 2.30. The lowest BCUT2D eigenvalue weighted by molar-refractivity contribution is -0.384. The first-order valence-corrected chi connectivity index (χ1v) is 11.7. The molecule has 1 aromatic heterocycles. The molecule has 1 N–H and O–H groups in total. The van der Waals surface area contributed by atoms with E-state index in [1.807, 2.05) is 30.3 Å². The second-order valence-electron chi connectivity index (χ2n) is 6.73. The maximum atomic E-state index is 12.8. The number of anilines is 2. The molecular weight excluding hydrogens is 442 g/mol. The zero-order valence-electron chi connectivity index (χ0n) is 16.8. The number of benzene rings is 2. The van der Waals surface area contributed by atoms with Gasteiger partial charge in [-0.3, -0.25) is 24.5 Å². The average molecular weight is 462 g/mol. The van der Waals surface area contributed by atoms with Crippen molar-refractivity contribution in [2.75, 3.05) is 15.9 Å². The van der Waals surface area contributed by atoms with Crippen LogP contribution in [0.25, 0.3) is 10.6 Å². The highest BCUT2D eigenvalue weighted by Gasteiger charge is 2.31. The van der Waals surface area contributed by atoms with Gasteiger partial charge in [0.2, 0.25) is 21.1 Å². The fourth-order valence-corrected chi connectivity index (χ4v) is 4.89. The zero-order valence-corrected chi connectivity index (χ0v) is 18.5. The van der Waals surface area contributed by atoms with Gasteiger partial charge in [0, 0.05) is 17.7 Å². The molecule has 3 aromatic rings. The van der Waals surface area contributed by atoms with Crippen molar-refractivity contribution in [3.05, 3.63) is 64.2 Å². The van der Waals surface area contributed by atoms with Crippen LogP contribution in [0.3, 0.4) is 0 Å². The van der Waals surface area contributed by atoms with Crippen LogP contribution in [0.15, 0.2) is 48.5 Å². The molecule has 0 saturated heterocycles. The van der Waals surface area contributed by atoms with Crippen LogP contribution in [-0.4, -0.2) is 41.7 Å². The molecule has 0 saturated carbocycles. The van der Waals surface area contributed by atoms with Crippen molar-refractivity contribution in [1.82, 2.24) is 10.2 Å². The number of carbonyl (C=O) groups is 1. The van der Waals surface area contributed by atoms with E-state index in [0.29, 0.717) is 10.6 Å². The molecule has 162 valence electrons. The van der Waals surface area contributed by atoms with Gasteiger partial charge in [-0.2, -0.15) is 0 Å². The Bertz CT molecular complexity index is 1230. The maximum absolute atomic E-state index is 12.8. The average Bonchev–Trinajstić information content (AvgIpc) is 3.17. The van der Waals surface area contributed by atoms with E-state index in [1.165, 1.54) is 19.1 Å². The molecule has 1 unspecified atom stereocenters. The fraction of sp³-hybridized carbons (Fsp3) is 0.211. The van der Waals surface area contributed by atoms with Crippen molar-refractivity contribution in [2.45, 2.75) is 19.9 Å². The maximum Gasteiger partial charge on any atom is 0.271 e. The van der Waals surface area contributed by atoms with Crippen molar-refractivity contribution in [3.63, 3.8) is 0 Å². The molecule has 0 fully saturated rings. The van der Waals surface area contributed by atoms with Crippen LogP contribution in [-0.2, 0) is 14.8 Å². The van der Waals surface area contributed by atoms with Gasteiger partial charge < -0.3 is 0 Å². The molecule has 1 atom stereocenters. The van der Waals surface area contributed by atoms with Gasteiger partial charge in [-0.1, -0.05) is 47.7 Å². The van der Waals surface area contributed by atoms with Crippen molar-refractivity contribution in [2.24, 2.45) is 0 Å². The summed E-state index contributed by atoms with van der Waals surface area (Å²) in [6.07, 6.45) is 0.938. The number of hydrogen-bond donors (Lipinski definition) is 1. The molecule has 3 rings (SSSR count). The molecular formula is C19H19N5O5S2. The lowest BCUT2D eigenvalue weighted by atomic mass is 10.1. The first kappa shape index (κ1) is 22.3. The molecule has 0 aliphatic heterocycles. The summed E-state index contributed by atoms with van der Waals surface area (Å²) < 4.78 is 25.9. The quantitative estimate of drug-likeness (QED) is 0.421. The Hall–Kier alpha value is -3.38. The highest BCUT2D eigenvalue weighted by molar-refractivity contribution is 7.92. The number of sulfonamides is 1. The van der Waals surface area contributed by atoms with Crippen LogP contribution >= 0.6 is 11.3 Å². The second-order valence-corrected chi connectivity index (χ2v) is 9.57. The van der Waals surface area contributed by atoms with Gasteiger partial charge in [0.15, 0.2) is 0 Å². The number of amides is 1. The highest BCUT2D eigenvalue weighted by atomic mass is 32.2. The Morgan fingerprint density at radius 2 is 1.87 bits per heavy atom. The van der Waals surface area contributed by atoms with Gasteiger partial charge in [-0.15, -0.1) is 10.2 Å². The number of aryl methyl sites for hydroxylation is 1. The predicted molar refractivity (Wildman–Crippen MR) is 119 cm³/mol. The Kier molecular flexibility index (Phi) is 6.32. The summed E-state index contributed by atoms with van der Waals surface area (Å²) in [7, 11) is -3.94. The van der Waals surface area contributed by atoms with Gasteiger partial charge in [0.25, 0.3) is 5.69 Å². The first-order valence-electron chi connectivity index (χ1n) is 9.02. The van der Waals surface area contributed by atoms with Gasteiger partial charge in [-0.05, 0) is 19.4 Å². The lowest BCUT2D eigenvalue weighted by Crippen LogP contribution is -2.45. The molecule has 1 amide bonds. The number of aromatic nitrogens is 2. The van der Waals surface area contributed by atoms with E-state index in [0.717, 1.165) is 33.5 Å². The smallest absolute Gasteiger partial charge is 0.271 e. The van der Waals surface area contributed by atoms with E-state index in [9.17, 15) is 23.3 Å². The molecule has 12 heteroatoms. The second kappa shape index (κ2) is 8.78. The molecule has 0 aliphatic carbocycles. The van der Waals surface area contributed by atoms with Crippen LogP contribution in [0.1, 0.15) is 12.5 Å². The summed E-state index contributed by atoms with van der Waals surface area (Å²) in [5.41, 5.74) is 1.08. The van der Waals surface area contributed by atoms with Crippen LogP contribution < -0.4 is 9.62 Å². The topological polar surface area (TPSA) is 135 Å². The molecule has 0 bridgehead atoms. The third-order valence-electron chi connectivity index (χ3n) is 4.41. The number of nitrogens with one attached hydrogen (secondary N) is 1. The molecule has 10 nitrogen and oxygen atoms in total. The van der Waals surface area contributed by atoms with Gasteiger partial charge in [-0.25, -0.2) is 8.42 Å². The van der Waals surface area contributed by atoms with Crippen molar-refractivity contribution in [3.8, 4) is 10.6 Å². The number of nitro groups is 1. The van der Waals surface area contributed by atoms with Crippen LogP contribution in [0.4, 0.5) is 16.5 Å². The van der Waals surface area contributed by atoms with Crippen LogP contribution in [0, 0.1) is 17.0 Å². The molecule has 1 heterocycles. The van der Waals surface area contributed by atoms with E-state index in [1.54, 1.807) is 6.92 Å². The van der Waals surface area contributed by atoms with Crippen molar-refractivity contribution < 1.29 is 18.1 Å². The summed E-state index contributed by atoms with van der Waals surface area (Å²) in [6.45, 7) is 3.01. The van der Waals surface area contributed by atoms with E-state index in [-0.39, 0.29) is 16.5 Å². The number of carbonyl (C=O) groups excluding carboxylic acids is 1. The third-order valence-corrected chi connectivity index (χ3v) is 6.52. The zero-order chi connectivity index (χ0) is 22.8. The standard InChI is InChI=1S/C19H19N5O5S2/c1-12-9-10-15(24(26)27)11-16(12)23(31(3,28)29)13(2)17(25)20-19-22-21-18(30-19)14-7-5-4-6-8-14/h4-11,13H,1-3H3,(H,20,22,25). The van der Waals surface area contributed by atoms with Crippen molar-refractivity contribution >= 4 is 43.8 Å². The van der Waals surface area contributed by atoms with Gasteiger partial charge in [0.1, 0.15) is 11.0 Å². The molecule has 31 heavy (non-hydrogen) atoms. The summed E-state index contributed by atoms with van der Waals surface area (Å²) in [6, 6.07) is 11.9. The molecule has 0 aliphatic rings. The summed E-state index contributed by atoms with van der Waals surface area (Å²) in [4.78, 5) is 23.4. The Labute approximate surface area is 182 Å². The molecule has 0 spiro atoms. The van der Waals surface area contributed by atoms with E-state index < -0.39 is 26.9 Å². The number of rotatable bonds is 7. The minimum atomic E-state index is -3.94. The Morgan fingerprint density at radius 3 is 2.48 bits per heavy atom. The SMILES string of the molecule is Cc1ccc([N+](=O)[O-])cc1N(C(C)C(=O)Nc1nnc(-c2ccccc2)s1)S(C)(=O)=O. The Balaban J connectivity index is 1.89. The van der Waals surface area contributed by atoms with Crippen LogP contribution in [0.2, 0.25) is 0 Å². The van der Waals surface area contributed by atoms with Gasteiger partial charge in [0.05, 0.1) is 16.9 Å². The van der Waals surface area contributed by atoms with Crippen molar-refractivity contribution in [1.29, 1.82) is 0 Å². The van der Waals surface area contributed by atoms with Gasteiger partial charge >= 0.3 is 0 Å². The van der Waals surface area contributed by atoms with E-state index in [2.05, 4.69) is 15.5 Å². The summed E-state index contributed by atoms with van der Waals surface area (Å²) in [5.74, 6) is -0.646. The minimum absolute atomic E-state index is 0.0570. The fourth-order valence-electron chi connectivity index (χ4n) is 2.91. The minimum Gasteiger partial charge on any atom is -0.299 e. The van der Waals surface area contributed by atoms with E-state index in [4.69, 9.17) is 0 Å². The normalized spacial score (nSPS) is 12.2. The molecule has 0 radical (unpaired) electrons. The lowest BCUT2D eigenvalue weighted by Gasteiger charge is -2.29. The monoisotopic (exact) mass is 461 g/mol. The number of nitrogens with zero attached hydrogens (tertiary/aromatic N) is 4. The predicted octanol–water partition coefficient (Wildman–Crippen LogP) is 3.21. The third kappa shape index (κ3) is 5.03. The number of nitro benzene ring substituents is 1. The number of non-ortho nitro benzene ring substituents is 1.